The van der Waals surface area contributed by atoms with Crippen LogP contribution < -0.4 is 16.2 Å². The molecule has 1 heterocycles. The van der Waals surface area contributed by atoms with Gasteiger partial charge in [0.2, 0.25) is 12.0 Å². The maximum Gasteiger partial charge on any atom is 0.340 e. The van der Waals surface area contributed by atoms with Gasteiger partial charge in [0.1, 0.15) is 5.69 Å². The van der Waals surface area contributed by atoms with Gasteiger partial charge in [-0.3, -0.25) is 19.1 Å². The fourth-order valence-corrected chi connectivity index (χ4v) is 5.96. The summed E-state index contributed by atoms with van der Waals surface area (Å²) in [6.45, 7) is 5.63. The molecule has 0 aliphatic carbocycles. The number of anilines is 2. The number of ether oxygens (including phenoxy) is 1. The molecule has 1 aromatic heterocycles. The number of carbonyl (C=O) groups excluding carboxylic acids is 3. The molecule has 0 aliphatic heterocycles. The molecule has 10 heteroatoms. The molecule has 5 rings (SSSR count). The summed E-state index contributed by atoms with van der Waals surface area (Å²) in [7, 11) is 1.75. The van der Waals surface area contributed by atoms with Crippen LogP contribution in [0.4, 0.5) is 11.4 Å². The van der Waals surface area contributed by atoms with Gasteiger partial charge in [-0.2, -0.15) is 0 Å². The van der Waals surface area contributed by atoms with Crippen LogP contribution in [0.3, 0.4) is 0 Å². The number of rotatable bonds is 10. The number of nitrogens with one attached hydrogen (secondary N) is 2. The number of nitrogens with zero attached hydrogens (tertiary/aromatic N) is 2. The lowest BCUT2D eigenvalue weighted by Crippen LogP contribution is -2.26. The Bertz CT molecular complexity index is 1930. The molecule has 4 aromatic carbocycles. The van der Waals surface area contributed by atoms with Gasteiger partial charge in [-0.15, -0.1) is 11.8 Å². The Morgan fingerprint density at radius 1 is 0.804 bits per heavy atom. The summed E-state index contributed by atoms with van der Waals surface area (Å²) in [5.74, 6) is -1.68. The molecule has 0 unspecified atom stereocenters. The Labute approximate surface area is 271 Å². The molecule has 0 fully saturated rings. The maximum atomic E-state index is 13.6. The third-order valence-electron chi connectivity index (χ3n) is 7.34. The zero-order valence-corrected chi connectivity index (χ0v) is 26.8. The number of aryl methyl sites for hydroxylation is 2. The van der Waals surface area contributed by atoms with Gasteiger partial charge in [0, 0.05) is 23.2 Å². The first-order chi connectivity index (χ1) is 22.1. The van der Waals surface area contributed by atoms with Crippen molar-refractivity contribution in [2.45, 2.75) is 31.8 Å². The molecule has 0 bridgehead atoms. The minimum atomic E-state index is -1.22. The molecular weight excluding hydrogens is 600 g/mol. The highest BCUT2D eigenvalue weighted by Crippen LogP contribution is 2.28. The van der Waals surface area contributed by atoms with Gasteiger partial charge in [-0.05, 0) is 68.3 Å². The standard InChI is InChI=1S/C36H34N4O5S/c1-23-19-24(2)21-27(20-23)37-34(42)33(26-13-7-5-8-14-26)45-36(44)29-17-11-12-18-30(29)46-22-31(41)38-32-25(3)39(4)40(35(32)43)28-15-9-6-10-16-28/h5-21,33H,22H2,1-4H3,(H,37,42)(H,38,41)/t33-/m1/s1. The molecule has 0 spiro atoms. The second-order valence-corrected chi connectivity index (χ2v) is 11.8. The SMILES string of the molecule is Cc1cc(C)cc(NC(=O)[C@H](OC(=O)c2ccccc2SCC(=O)Nc2c(C)n(C)n(-c3ccccc3)c2=O)c2ccccc2)c1. The first-order valence-corrected chi connectivity index (χ1v) is 15.6. The lowest BCUT2D eigenvalue weighted by molar-refractivity contribution is -0.125. The van der Waals surface area contributed by atoms with Gasteiger partial charge in [-0.1, -0.05) is 66.7 Å². The van der Waals surface area contributed by atoms with E-state index < -0.39 is 23.9 Å². The summed E-state index contributed by atoms with van der Waals surface area (Å²) in [4.78, 5) is 53.8. The van der Waals surface area contributed by atoms with E-state index in [0.29, 0.717) is 27.5 Å². The smallest absolute Gasteiger partial charge is 0.340 e. The van der Waals surface area contributed by atoms with Crippen molar-refractivity contribution >= 4 is 40.9 Å². The number of para-hydroxylation sites is 1. The number of amides is 2. The Balaban J connectivity index is 1.31. The van der Waals surface area contributed by atoms with Crippen molar-refractivity contribution in [3.05, 3.63) is 141 Å². The van der Waals surface area contributed by atoms with Crippen LogP contribution in [-0.2, 0) is 21.4 Å². The minimum Gasteiger partial charge on any atom is -0.444 e. The third kappa shape index (κ3) is 7.30. The quantitative estimate of drug-likeness (QED) is 0.137. The van der Waals surface area contributed by atoms with Crippen LogP contribution in [0.1, 0.15) is 38.8 Å². The normalized spacial score (nSPS) is 11.5. The molecule has 2 amide bonds. The molecular formula is C36H34N4O5S. The van der Waals surface area contributed by atoms with Crippen LogP contribution in [0.15, 0.2) is 113 Å². The van der Waals surface area contributed by atoms with Gasteiger partial charge in [0.25, 0.3) is 11.5 Å². The van der Waals surface area contributed by atoms with Crippen molar-refractivity contribution in [1.82, 2.24) is 9.36 Å². The minimum absolute atomic E-state index is 0.0707. The van der Waals surface area contributed by atoms with E-state index in [-0.39, 0.29) is 22.6 Å². The predicted octanol–water partition coefficient (Wildman–Crippen LogP) is 6.37. The molecule has 234 valence electrons. The predicted molar refractivity (Wildman–Crippen MR) is 181 cm³/mol. The van der Waals surface area contributed by atoms with Crippen LogP contribution in [0.2, 0.25) is 0 Å². The zero-order chi connectivity index (χ0) is 32.8. The van der Waals surface area contributed by atoms with E-state index in [4.69, 9.17) is 4.74 Å². The Kier molecular flexibility index (Phi) is 9.88. The van der Waals surface area contributed by atoms with Crippen molar-refractivity contribution < 1.29 is 19.1 Å². The van der Waals surface area contributed by atoms with Crippen molar-refractivity contribution in [1.29, 1.82) is 0 Å². The highest BCUT2D eigenvalue weighted by atomic mass is 32.2. The van der Waals surface area contributed by atoms with E-state index in [9.17, 15) is 19.2 Å². The third-order valence-corrected chi connectivity index (χ3v) is 8.41. The second-order valence-electron chi connectivity index (χ2n) is 10.8. The number of carbonyl (C=O) groups is 3. The molecule has 5 aromatic rings. The van der Waals surface area contributed by atoms with Gasteiger partial charge in [-0.25, -0.2) is 9.48 Å². The highest BCUT2D eigenvalue weighted by Gasteiger charge is 2.27. The average Bonchev–Trinajstić information content (AvgIpc) is 3.25. The number of benzene rings is 4. The van der Waals surface area contributed by atoms with Gasteiger partial charge in [0.05, 0.1) is 22.7 Å². The summed E-state index contributed by atoms with van der Waals surface area (Å²) >= 11 is 1.13. The van der Waals surface area contributed by atoms with Crippen molar-refractivity contribution in [2.24, 2.45) is 7.05 Å². The number of thioether (sulfide) groups is 1. The Morgan fingerprint density at radius 3 is 2.09 bits per heavy atom. The number of aromatic nitrogens is 2. The van der Waals surface area contributed by atoms with E-state index in [1.165, 1.54) is 4.68 Å². The fourth-order valence-electron chi connectivity index (χ4n) is 5.12. The van der Waals surface area contributed by atoms with E-state index in [1.807, 2.05) is 68.4 Å². The molecule has 46 heavy (non-hydrogen) atoms. The lowest BCUT2D eigenvalue weighted by atomic mass is 10.1. The van der Waals surface area contributed by atoms with E-state index in [0.717, 1.165) is 22.9 Å². The van der Waals surface area contributed by atoms with Crippen molar-refractivity contribution in [3.8, 4) is 5.69 Å². The van der Waals surface area contributed by atoms with Gasteiger partial charge >= 0.3 is 5.97 Å². The molecule has 2 N–H and O–H groups in total. The summed E-state index contributed by atoms with van der Waals surface area (Å²) in [6, 6.07) is 30.4. The van der Waals surface area contributed by atoms with Gasteiger partial charge in [0.15, 0.2) is 0 Å². The van der Waals surface area contributed by atoms with E-state index in [1.54, 1.807) is 67.2 Å². The molecule has 1 atom stereocenters. The summed E-state index contributed by atoms with van der Waals surface area (Å²) in [5.41, 5.74) is 4.42. The number of hydrogen-bond donors (Lipinski definition) is 2. The van der Waals surface area contributed by atoms with Crippen molar-refractivity contribution in [3.63, 3.8) is 0 Å². The Morgan fingerprint density at radius 2 is 1.41 bits per heavy atom. The molecule has 0 aliphatic rings. The first-order valence-electron chi connectivity index (χ1n) is 14.6. The summed E-state index contributed by atoms with van der Waals surface area (Å²) in [6.07, 6.45) is -1.22. The van der Waals surface area contributed by atoms with Crippen LogP contribution in [0.25, 0.3) is 5.69 Å². The second kappa shape index (κ2) is 14.2. The van der Waals surface area contributed by atoms with Crippen LogP contribution in [0.5, 0.6) is 0 Å². The molecule has 0 saturated heterocycles. The first kappa shape index (κ1) is 32.1. The summed E-state index contributed by atoms with van der Waals surface area (Å²) < 4.78 is 9.01. The lowest BCUT2D eigenvalue weighted by Gasteiger charge is -2.19. The largest absolute Gasteiger partial charge is 0.444 e. The van der Waals surface area contributed by atoms with Gasteiger partial charge < -0.3 is 15.4 Å². The van der Waals surface area contributed by atoms with Crippen molar-refractivity contribution in [2.75, 3.05) is 16.4 Å². The zero-order valence-electron chi connectivity index (χ0n) is 25.9. The van der Waals surface area contributed by atoms with Crippen LogP contribution >= 0.6 is 11.8 Å². The molecule has 0 radical (unpaired) electrons. The average molecular weight is 635 g/mol. The maximum absolute atomic E-state index is 13.6. The van der Waals surface area contributed by atoms with E-state index >= 15 is 0 Å². The summed E-state index contributed by atoms with van der Waals surface area (Å²) in [5, 5.41) is 5.62. The fraction of sp³-hybridized carbons (Fsp3) is 0.167. The Hall–Kier alpha value is -5.35. The highest BCUT2D eigenvalue weighted by molar-refractivity contribution is 8.00. The van der Waals surface area contributed by atoms with Crippen LogP contribution in [0, 0.1) is 20.8 Å². The monoisotopic (exact) mass is 634 g/mol. The number of esters is 1. The topological polar surface area (TPSA) is 111 Å². The van der Waals surface area contributed by atoms with E-state index in [2.05, 4.69) is 10.6 Å². The van der Waals surface area contributed by atoms with Crippen LogP contribution in [-0.4, -0.2) is 32.9 Å². The molecule has 0 saturated carbocycles. The molecule has 9 nitrogen and oxygen atoms in total. The number of hydrogen-bond acceptors (Lipinski definition) is 6.